The monoisotopic (exact) mass is 339 g/mol. The van der Waals surface area contributed by atoms with E-state index in [1.165, 1.54) is 29.5 Å². The lowest BCUT2D eigenvalue weighted by Gasteiger charge is -2.35. The van der Waals surface area contributed by atoms with E-state index in [0.29, 0.717) is 6.04 Å². The lowest BCUT2D eigenvalue weighted by molar-refractivity contribution is 0.170. The van der Waals surface area contributed by atoms with E-state index in [1.54, 1.807) is 14.2 Å². The second kappa shape index (κ2) is 8.39. The van der Waals surface area contributed by atoms with E-state index in [4.69, 9.17) is 9.47 Å². The van der Waals surface area contributed by atoms with Gasteiger partial charge in [0.05, 0.1) is 14.2 Å². The van der Waals surface area contributed by atoms with Crippen LogP contribution in [0.4, 0.5) is 0 Å². The predicted octanol–water partition coefficient (Wildman–Crippen LogP) is 4.47. The summed E-state index contributed by atoms with van der Waals surface area (Å²) in [4.78, 5) is 2.64. The molecule has 0 unspecified atom stereocenters. The van der Waals surface area contributed by atoms with Crippen LogP contribution in [0.1, 0.15) is 36.5 Å². The molecule has 1 aliphatic carbocycles. The number of rotatable bonds is 7. The molecule has 134 valence electrons. The van der Waals surface area contributed by atoms with Gasteiger partial charge in [0.1, 0.15) is 11.5 Å². The fourth-order valence-corrected chi connectivity index (χ4v) is 3.90. The minimum absolute atomic E-state index is 0.599. The van der Waals surface area contributed by atoms with Crippen molar-refractivity contribution < 1.29 is 9.47 Å². The van der Waals surface area contributed by atoms with Crippen LogP contribution in [0.2, 0.25) is 0 Å². The molecular formula is C22H29NO2. The van der Waals surface area contributed by atoms with Gasteiger partial charge in [-0.05, 0) is 67.1 Å². The average Bonchev–Trinajstić information content (AvgIpc) is 2.67. The molecule has 0 spiro atoms. The Morgan fingerprint density at radius 2 is 1.84 bits per heavy atom. The number of benzene rings is 2. The van der Waals surface area contributed by atoms with Crippen molar-refractivity contribution in [3.8, 4) is 11.5 Å². The average molecular weight is 339 g/mol. The summed E-state index contributed by atoms with van der Waals surface area (Å²) in [6.45, 7) is 4.40. The van der Waals surface area contributed by atoms with Gasteiger partial charge in [0.2, 0.25) is 0 Å². The summed E-state index contributed by atoms with van der Waals surface area (Å²) in [5, 5.41) is 0. The molecule has 0 saturated carbocycles. The fraction of sp³-hybridized carbons (Fsp3) is 0.455. The fourth-order valence-electron chi connectivity index (χ4n) is 3.90. The van der Waals surface area contributed by atoms with E-state index >= 15 is 0 Å². The molecule has 3 rings (SSSR count). The van der Waals surface area contributed by atoms with Crippen LogP contribution < -0.4 is 9.47 Å². The van der Waals surface area contributed by atoms with Crippen LogP contribution in [0.25, 0.3) is 0 Å². The van der Waals surface area contributed by atoms with Crippen molar-refractivity contribution in [2.45, 2.75) is 45.2 Å². The molecule has 0 heterocycles. The number of ether oxygens (including phenoxy) is 2. The molecular weight excluding hydrogens is 310 g/mol. The first-order valence-corrected chi connectivity index (χ1v) is 9.27. The summed E-state index contributed by atoms with van der Waals surface area (Å²) < 4.78 is 10.8. The van der Waals surface area contributed by atoms with E-state index in [9.17, 15) is 0 Å². The van der Waals surface area contributed by atoms with Gasteiger partial charge in [-0.25, -0.2) is 0 Å². The molecule has 0 N–H and O–H groups in total. The van der Waals surface area contributed by atoms with Crippen LogP contribution >= 0.6 is 0 Å². The van der Waals surface area contributed by atoms with Gasteiger partial charge in [-0.2, -0.15) is 0 Å². The first-order chi connectivity index (χ1) is 12.2. The highest BCUT2D eigenvalue weighted by molar-refractivity contribution is 5.42. The van der Waals surface area contributed by atoms with Crippen molar-refractivity contribution in [1.82, 2.24) is 4.90 Å². The third-order valence-electron chi connectivity index (χ3n) is 5.21. The van der Waals surface area contributed by atoms with E-state index in [0.717, 1.165) is 37.4 Å². The van der Waals surface area contributed by atoms with Crippen molar-refractivity contribution >= 4 is 0 Å². The number of hydrogen-bond donors (Lipinski definition) is 0. The van der Waals surface area contributed by atoms with Crippen LogP contribution in [-0.4, -0.2) is 31.7 Å². The van der Waals surface area contributed by atoms with Crippen LogP contribution in [0.3, 0.4) is 0 Å². The Balaban J connectivity index is 1.74. The summed E-state index contributed by atoms with van der Waals surface area (Å²) >= 11 is 0. The molecule has 2 aromatic carbocycles. The van der Waals surface area contributed by atoms with Gasteiger partial charge >= 0.3 is 0 Å². The first kappa shape index (κ1) is 17.8. The zero-order valence-electron chi connectivity index (χ0n) is 15.6. The van der Waals surface area contributed by atoms with Crippen LogP contribution in [0, 0.1) is 0 Å². The molecule has 0 bridgehead atoms. The van der Waals surface area contributed by atoms with Gasteiger partial charge in [-0.1, -0.05) is 31.2 Å². The summed E-state index contributed by atoms with van der Waals surface area (Å²) in [5.41, 5.74) is 4.21. The van der Waals surface area contributed by atoms with Crippen LogP contribution in [-0.2, 0) is 19.4 Å². The Bertz CT molecular complexity index is 681. The lowest BCUT2D eigenvalue weighted by atomic mass is 9.86. The molecule has 0 aromatic heterocycles. The predicted molar refractivity (Wildman–Crippen MR) is 103 cm³/mol. The van der Waals surface area contributed by atoms with Crippen molar-refractivity contribution in [1.29, 1.82) is 0 Å². The second-order valence-electron chi connectivity index (χ2n) is 6.81. The van der Waals surface area contributed by atoms with E-state index < -0.39 is 0 Å². The molecule has 25 heavy (non-hydrogen) atoms. The zero-order valence-corrected chi connectivity index (χ0v) is 15.6. The maximum Gasteiger partial charge on any atom is 0.122 e. The normalized spacial score (nSPS) is 16.6. The van der Waals surface area contributed by atoms with E-state index in [2.05, 4.69) is 54.3 Å². The molecule has 2 aromatic rings. The zero-order chi connectivity index (χ0) is 17.6. The number of methoxy groups -OCH3 is 2. The Kier molecular flexibility index (Phi) is 5.98. The molecule has 0 aliphatic heterocycles. The number of nitrogens with zero attached hydrogens (tertiary/aromatic N) is 1. The van der Waals surface area contributed by atoms with Crippen molar-refractivity contribution in [2.24, 2.45) is 0 Å². The molecule has 0 radical (unpaired) electrons. The molecule has 0 saturated heterocycles. The minimum Gasteiger partial charge on any atom is -0.497 e. The maximum atomic E-state index is 5.55. The Hall–Kier alpha value is -2.00. The molecule has 3 nitrogen and oxygen atoms in total. The highest BCUT2D eigenvalue weighted by atomic mass is 16.5. The standard InChI is InChI=1S/C22H29NO2/c1-4-14-23(16-17-8-11-20(24-2)12-9-17)19-10-13-21-18(15-19)6-5-7-22(21)25-3/h5-9,11-12,19H,4,10,13-16H2,1-3H3/t19-/m1/s1. The molecule has 1 atom stereocenters. The third kappa shape index (κ3) is 4.16. The van der Waals surface area contributed by atoms with Crippen molar-refractivity contribution in [2.75, 3.05) is 20.8 Å². The van der Waals surface area contributed by atoms with Crippen LogP contribution in [0.15, 0.2) is 42.5 Å². The van der Waals surface area contributed by atoms with Gasteiger partial charge in [0, 0.05) is 12.6 Å². The molecule has 0 amide bonds. The smallest absolute Gasteiger partial charge is 0.122 e. The second-order valence-corrected chi connectivity index (χ2v) is 6.81. The van der Waals surface area contributed by atoms with Crippen molar-refractivity contribution in [3.05, 3.63) is 59.2 Å². The summed E-state index contributed by atoms with van der Waals surface area (Å²) in [5.74, 6) is 1.97. The summed E-state index contributed by atoms with van der Waals surface area (Å²) in [6.07, 6.45) is 4.59. The van der Waals surface area contributed by atoms with E-state index in [-0.39, 0.29) is 0 Å². The van der Waals surface area contributed by atoms with Gasteiger partial charge in [0.15, 0.2) is 0 Å². The topological polar surface area (TPSA) is 21.7 Å². The van der Waals surface area contributed by atoms with Crippen LogP contribution in [0.5, 0.6) is 11.5 Å². The highest BCUT2D eigenvalue weighted by Gasteiger charge is 2.25. The number of hydrogen-bond acceptors (Lipinski definition) is 3. The van der Waals surface area contributed by atoms with Gasteiger partial charge in [-0.15, -0.1) is 0 Å². The minimum atomic E-state index is 0.599. The Morgan fingerprint density at radius 3 is 2.52 bits per heavy atom. The van der Waals surface area contributed by atoms with Gasteiger partial charge in [0.25, 0.3) is 0 Å². The third-order valence-corrected chi connectivity index (χ3v) is 5.21. The molecule has 0 fully saturated rings. The molecule has 1 aliphatic rings. The van der Waals surface area contributed by atoms with Gasteiger partial charge in [-0.3, -0.25) is 4.90 Å². The SMILES string of the molecule is CCCN(Cc1ccc(OC)cc1)[C@@H]1CCc2c(cccc2OC)C1. The summed E-state index contributed by atoms with van der Waals surface area (Å²) in [6, 6.07) is 15.5. The first-order valence-electron chi connectivity index (χ1n) is 9.27. The molecule has 3 heteroatoms. The Morgan fingerprint density at radius 1 is 1.04 bits per heavy atom. The quantitative estimate of drug-likeness (QED) is 0.743. The number of fused-ring (bicyclic) bond motifs is 1. The largest absolute Gasteiger partial charge is 0.497 e. The summed E-state index contributed by atoms with van der Waals surface area (Å²) in [7, 11) is 3.49. The van der Waals surface area contributed by atoms with Crippen molar-refractivity contribution in [3.63, 3.8) is 0 Å². The van der Waals surface area contributed by atoms with Gasteiger partial charge < -0.3 is 9.47 Å². The van der Waals surface area contributed by atoms with E-state index in [1.807, 2.05) is 0 Å². The lowest BCUT2D eigenvalue weighted by Crippen LogP contribution is -2.39. The maximum absolute atomic E-state index is 5.55. The Labute approximate surface area is 151 Å². The highest BCUT2D eigenvalue weighted by Crippen LogP contribution is 2.32.